The topological polar surface area (TPSA) is 50.4 Å². The Hall–Kier alpha value is -1.46. The number of amides is 1. The van der Waals surface area contributed by atoms with Gasteiger partial charge >= 0.3 is 0 Å². The number of ether oxygens (including phenoxy) is 1. The van der Waals surface area contributed by atoms with Crippen molar-refractivity contribution >= 4 is 11.6 Å². The minimum Gasteiger partial charge on any atom is -0.384 e. The van der Waals surface area contributed by atoms with Gasteiger partial charge in [-0.25, -0.2) is 4.39 Å². The molecular formula is C14H19FN2O2. The first-order valence-corrected chi connectivity index (χ1v) is 6.35. The van der Waals surface area contributed by atoms with Crippen molar-refractivity contribution in [1.29, 1.82) is 0 Å². The molecule has 1 heterocycles. The number of hydrogen-bond donors (Lipinski definition) is 2. The minimum absolute atomic E-state index is 0.0749. The molecule has 1 aliphatic heterocycles. The summed E-state index contributed by atoms with van der Waals surface area (Å²) in [5, 5.41) is 6.07. The molecule has 1 fully saturated rings. The van der Waals surface area contributed by atoms with E-state index < -0.39 is 5.41 Å². The first kappa shape index (κ1) is 14.0. The van der Waals surface area contributed by atoms with Crippen LogP contribution >= 0.6 is 0 Å². The summed E-state index contributed by atoms with van der Waals surface area (Å²) in [6.07, 6.45) is 0.743. The molecule has 104 valence electrons. The summed E-state index contributed by atoms with van der Waals surface area (Å²) in [5.74, 6) is -0.376. The van der Waals surface area contributed by atoms with E-state index in [-0.39, 0.29) is 11.7 Å². The van der Waals surface area contributed by atoms with Crippen LogP contribution in [0.3, 0.4) is 0 Å². The molecule has 0 radical (unpaired) electrons. The van der Waals surface area contributed by atoms with E-state index in [2.05, 4.69) is 10.6 Å². The van der Waals surface area contributed by atoms with Crippen molar-refractivity contribution in [3.8, 4) is 0 Å². The Kier molecular flexibility index (Phi) is 4.17. The van der Waals surface area contributed by atoms with E-state index in [4.69, 9.17) is 4.74 Å². The van der Waals surface area contributed by atoms with Crippen LogP contribution in [0.25, 0.3) is 0 Å². The smallest absolute Gasteiger partial charge is 0.234 e. The van der Waals surface area contributed by atoms with Crippen LogP contribution in [0.15, 0.2) is 18.2 Å². The van der Waals surface area contributed by atoms with Crippen LogP contribution in [0.4, 0.5) is 10.1 Å². The molecule has 0 aromatic heterocycles. The third-order valence-electron chi connectivity index (χ3n) is 3.58. The number of aryl methyl sites for hydroxylation is 1. The van der Waals surface area contributed by atoms with Gasteiger partial charge in [-0.15, -0.1) is 0 Å². The van der Waals surface area contributed by atoms with Crippen molar-refractivity contribution < 1.29 is 13.9 Å². The standard InChI is InChI=1S/C14H19FN2O2/c1-10-7-11(15)3-4-12(10)17-13(18)14(9-19-2)5-6-16-8-14/h3-4,7,16H,5-6,8-9H2,1-2H3,(H,17,18). The van der Waals surface area contributed by atoms with Crippen LogP contribution < -0.4 is 10.6 Å². The molecule has 1 aliphatic rings. The Bertz CT molecular complexity index is 471. The summed E-state index contributed by atoms with van der Waals surface area (Å²) >= 11 is 0. The van der Waals surface area contributed by atoms with Gasteiger partial charge in [-0.3, -0.25) is 4.79 Å². The van der Waals surface area contributed by atoms with E-state index >= 15 is 0 Å². The lowest BCUT2D eigenvalue weighted by Crippen LogP contribution is -2.41. The Labute approximate surface area is 112 Å². The fourth-order valence-corrected chi connectivity index (χ4v) is 2.42. The highest BCUT2D eigenvalue weighted by Gasteiger charge is 2.41. The maximum atomic E-state index is 13.0. The third kappa shape index (κ3) is 2.93. The fraction of sp³-hybridized carbons (Fsp3) is 0.500. The van der Waals surface area contributed by atoms with Crippen LogP contribution in [0.1, 0.15) is 12.0 Å². The number of carbonyl (C=O) groups excluding carboxylic acids is 1. The second-order valence-electron chi connectivity index (χ2n) is 5.05. The first-order chi connectivity index (χ1) is 9.07. The van der Waals surface area contributed by atoms with Gasteiger partial charge in [0.25, 0.3) is 0 Å². The molecule has 1 aromatic rings. The molecule has 0 aliphatic carbocycles. The van der Waals surface area contributed by atoms with E-state index in [1.807, 2.05) is 0 Å². The minimum atomic E-state index is -0.532. The van der Waals surface area contributed by atoms with Crippen LogP contribution in [-0.4, -0.2) is 32.7 Å². The van der Waals surface area contributed by atoms with Gasteiger partial charge in [0.05, 0.1) is 12.0 Å². The third-order valence-corrected chi connectivity index (χ3v) is 3.58. The molecule has 5 heteroatoms. The number of hydrogen-bond acceptors (Lipinski definition) is 3. The normalized spacial score (nSPS) is 22.5. The maximum Gasteiger partial charge on any atom is 0.234 e. The number of rotatable bonds is 4. The van der Waals surface area contributed by atoms with E-state index in [1.54, 1.807) is 20.1 Å². The van der Waals surface area contributed by atoms with E-state index in [1.165, 1.54) is 12.1 Å². The molecule has 2 rings (SSSR count). The lowest BCUT2D eigenvalue weighted by molar-refractivity contribution is -0.127. The fourth-order valence-electron chi connectivity index (χ4n) is 2.42. The zero-order valence-corrected chi connectivity index (χ0v) is 11.3. The highest BCUT2D eigenvalue weighted by Crippen LogP contribution is 2.28. The Morgan fingerprint density at radius 3 is 2.95 bits per heavy atom. The number of benzene rings is 1. The highest BCUT2D eigenvalue weighted by atomic mass is 19.1. The van der Waals surface area contributed by atoms with Crippen molar-refractivity contribution in [2.75, 3.05) is 32.1 Å². The molecule has 0 spiro atoms. The predicted molar refractivity (Wildman–Crippen MR) is 71.6 cm³/mol. The summed E-state index contributed by atoms with van der Waals surface area (Å²) in [7, 11) is 1.59. The lowest BCUT2D eigenvalue weighted by Gasteiger charge is -2.26. The second kappa shape index (κ2) is 5.67. The molecule has 1 unspecified atom stereocenters. The Morgan fingerprint density at radius 2 is 2.37 bits per heavy atom. The van der Waals surface area contributed by atoms with Gasteiger partial charge in [-0.05, 0) is 43.7 Å². The van der Waals surface area contributed by atoms with Crippen molar-refractivity contribution in [3.63, 3.8) is 0 Å². The van der Waals surface area contributed by atoms with Gasteiger partial charge in [-0.2, -0.15) is 0 Å². The Morgan fingerprint density at radius 1 is 1.58 bits per heavy atom. The first-order valence-electron chi connectivity index (χ1n) is 6.35. The van der Waals surface area contributed by atoms with Gasteiger partial charge in [0.1, 0.15) is 5.82 Å². The molecule has 0 saturated carbocycles. The van der Waals surface area contributed by atoms with Crippen molar-refractivity contribution in [1.82, 2.24) is 5.32 Å². The number of carbonyl (C=O) groups is 1. The summed E-state index contributed by atoms with van der Waals surface area (Å²) in [4.78, 5) is 12.4. The maximum absolute atomic E-state index is 13.0. The van der Waals surface area contributed by atoms with Gasteiger partial charge in [0, 0.05) is 19.3 Å². The molecule has 0 bridgehead atoms. The number of anilines is 1. The summed E-state index contributed by atoms with van der Waals surface area (Å²) < 4.78 is 18.2. The molecule has 1 amide bonds. The van der Waals surface area contributed by atoms with Gasteiger partial charge in [0.2, 0.25) is 5.91 Å². The highest BCUT2D eigenvalue weighted by molar-refractivity contribution is 5.96. The van der Waals surface area contributed by atoms with E-state index in [0.29, 0.717) is 24.4 Å². The Balaban J connectivity index is 2.15. The summed E-state index contributed by atoms with van der Waals surface area (Å²) in [6.45, 7) is 3.56. The largest absolute Gasteiger partial charge is 0.384 e. The van der Waals surface area contributed by atoms with Crippen LogP contribution in [0.5, 0.6) is 0 Å². The number of nitrogens with one attached hydrogen (secondary N) is 2. The van der Waals surface area contributed by atoms with Crippen molar-refractivity contribution in [3.05, 3.63) is 29.6 Å². The van der Waals surface area contributed by atoms with Crippen LogP contribution in [0.2, 0.25) is 0 Å². The van der Waals surface area contributed by atoms with Crippen LogP contribution in [-0.2, 0) is 9.53 Å². The average Bonchev–Trinajstić information content (AvgIpc) is 2.83. The summed E-state index contributed by atoms with van der Waals surface area (Å²) in [6, 6.07) is 4.34. The summed E-state index contributed by atoms with van der Waals surface area (Å²) in [5.41, 5.74) is 0.830. The molecule has 1 aromatic carbocycles. The SMILES string of the molecule is COCC1(C(=O)Nc2ccc(F)cc2C)CCNC1. The zero-order chi connectivity index (χ0) is 13.9. The average molecular weight is 266 g/mol. The van der Waals surface area contributed by atoms with Gasteiger partial charge in [-0.1, -0.05) is 0 Å². The predicted octanol–water partition coefficient (Wildman–Crippen LogP) is 1.70. The van der Waals surface area contributed by atoms with Gasteiger partial charge < -0.3 is 15.4 Å². The molecule has 4 nitrogen and oxygen atoms in total. The van der Waals surface area contributed by atoms with E-state index in [9.17, 15) is 9.18 Å². The molecule has 2 N–H and O–H groups in total. The lowest BCUT2D eigenvalue weighted by atomic mass is 9.87. The number of methoxy groups -OCH3 is 1. The quantitative estimate of drug-likeness (QED) is 0.872. The zero-order valence-electron chi connectivity index (χ0n) is 11.3. The molecular weight excluding hydrogens is 247 g/mol. The van der Waals surface area contributed by atoms with Gasteiger partial charge in [0.15, 0.2) is 0 Å². The monoisotopic (exact) mass is 266 g/mol. The van der Waals surface area contributed by atoms with Crippen molar-refractivity contribution in [2.24, 2.45) is 5.41 Å². The van der Waals surface area contributed by atoms with Crippen molar-refractivity contribution in [2.45, 2.75) is 13.3 Å². The number of halogens is 1. The molecule has 1 atom stereocenters. The van der Waals surface area contributed by atoms with Crippen LogP contribution in [0, 0.1) is 18.2 Å². The second-order valence-corrected chi connectivity index (χ2v) is 5.05. The molecule has 1 saturated heterocycles. The van der Waals surface area contributed by atoms with E-state index in [0.717, 1.165) is 13.0 Å². The molecule has 19 heavy (non-hydrogen) atoms.